The summed E-state index contributed by atoms with van der Waals surface area (Å²) in [5.74, 6) is -1.21. The number of anilines is 2. The molecular weight excluding hydrogens is 386 g/mol. The maximum absolute atomic E-state index is 12.6. The minimum absolute atomic E-state index is 0.0681. The summed E-state index contributed by atoms with van der Waals surface area (Å²) in [4.78, 5) is 38.4. The molecule has 0 spiro atoms. The second kappa shape index (κ2) is 9.23. The smallest absolute Gasteiger partial charge is 0.337 e. The first-order valence-electron chi connectivity index (χ1n) is 9.40. The van der Waals surface area contributed by atoms with Crippen LogP contribution in [0.25, 0.3) is 0 Å². The minimum Gasteiger partial charge on any atom is -0.466 e. The van der Waals surface area contributed by atoms with Crippen LogP contribution in [0.3, 0.4) is 0 Å². The Morgan fingerprint density at radius 1 is 1.17 bits per heavy atom. The second-order valence-corrected chi connectivity index (χ2v) is 6.77. The Kier molecular flexibility index (Phi) is 6.48. The molecule has 0 saturated heterocycles. The molecule has 8 nitrogen and oxygen atoms in total. The van der Waals surface area contributed by atoms with Gasteiger partial charge in [-0.3, -0.25) is 9.59 Å². The van der Waals surface area contributed by atoms with Gasteiger partial charge < -0.3 is 25.4 Å². The lowest BCUT2D eigenvalue weighted by atomic mass is 10.1. The summed E-state index contributed by atoms with van der Waals surface area (Å²) in [6.07, 6.45) is 0. The Hall–Kier alpha value is -3.65. The van der Waals surface area contributed by atoms with Gasteiger partial charge in [0.05, 0.1) is 25.8 Å². The predicted octanol–water partition coefficient (Wildman–Crippen LogP) is 1.92. The fraction of sp³-hybridized carbons (Fsp3) is 0.227. The van der Waals surface area contributed by atoms with Crippen molar-refractivity contribution in [2.24, 2.45) is 0 Å². The van der Waals surface area contributed by atoms with Gasteiger partial charge >= 0.3 is 5.97 Å². The van der Waals surface area contributed by atoms with Crippen LogP contribution in [0, 0.1) is 6.92 Å². The van der Waals surface area contributed by atoms with Gasteiger partial charge in [-0.15, -0.1) is 0 Å². The molecule has 30 heavy (non-hydrogen) atoms. The van der Waals surface area contributed by atoms with Gasteiger partial charge in [0.1, 0.15) is 5.70 Å². The van der Waals surface area contributed by atoms with E-state index in [1.54, 1.807) is 42.5 Å². The van der Waals surface area contributed by atoms with E-state index in [0.717, 1.165) is 5.56 Å². The van der Waals surface area contributed by atoms with Crippen molar-refractivity contribution >= 4 is 29.2 Å². The number of aliphatic hydroxyl groups excluding tert-OH is 1. The Labute approximate surface area is 174 Å². The molecule has 2 aromatic rings. The van der Waals surface area contributed by atoms with E-state index in [2.05, 4.69) is 10.6 Å². The van der Waals surface area contributed by atoms with E-state index in [4.69, 9.17) is 9.84 Å². The molecule has 2 aromatic carbocycles. The number of carbonyl (C=O) groups excluding carboxylic acids is 3. The van der Waals surface area contributed by atoms with Crippen molar-refractivity contribution in [3.63, 3.8) is 0 Å². The molecule has 0 aromatic heterocycles. The fourth-order valence-electron chi connectivity index (χ4n) is 3.16. The quantitative estimate of drug-likeness (QED) is 0.603. The van der Waals surface area contributed by atoms with E-state index in [-0.39, 0.29) is 42.8 Å². The number of nitrogens with one attached hydrogen (secondary N) is 2. The number of hydrogen-bond donors (Lipinski definition) is 3. The summed E-state index contributed by atoms with van der Waals surface area (Å²) < 4.78 is 4.78. The van der Waals surface area contributed by atoms with Crippen LogP contribution < -0.4 is 10.6 Å². The van der Waals surface area contributed by atoms with Gasteiger partial charge in [0, 0.05) is 23.5 Å². The number of aryl methyl sites for hydroxylation is 1. The molecule has 8 heteroatoms. The Morgan fingerprint density at radius 3 is 2.53 bits per heavy atom. The van der Waals surface area contributed by atoms with Gasteiger partial charge in [0.15, 0.2) is 0 Å². The van der Waals surface area contributed by atoms with Crippen LogP contribution in [0.1, 0.15) is 15.9 Å². The number of esters is 1. The summed E-state index contributed by atoms with van der Waals surface area (Å²) in [6.45, 7) is 1.81. The van der Waals surface area contributed by atoms with Crippen LogP contribution in [0.15, 0.2) is 59.8 Å². The summed E-state index contributed by atoms with van der Waals surface area (Å²) in [5.41, 5.74) is 2.87. The molecule has 1 aliphatic rings. The first kappa shape index (κ1) is 21.1. The van der Waals surface area contributed by atoms with Gasteiger partial charge in [-0.2, -0.15) is 0 Å². The van der Waals surface area contributed by atoms with Crippen LogP contribution in [0.5, 0.6) is 0 Å². The number of hydrogen-bond acceptors (Lipinski definition) is 6. The lowest BCUT2D eigenvalue weighted by Crippen LogP contribution is -2.31. The largest absolute Gasteiger partial charge is 0.466 e. The highest BCUT2D eigenvalue weighted by molar-refractivity contribution is 6.08. The van der Waals surface area contributed by atoms with Crippen LogP contribution in [-0.2, 0) is 14.3 Å². The number of amides is 2. The summed E-state index contributed by atoms with van der Waals surface area (Å²) in [5, 5.41) is 15.0. The summed E-state index contributed by atoms with van der Waals surface area (Å²) in [7, 11) is 1.25. The van der Waals surface area contributed by atoms with Crippen molar-refractivity contribution in [1.29, 1.82) is 0 Å². The third-order valence-corrected chi connectivity index (χ3v) is 4.73. The number of carbonyl (C=O) groups is 3. The third kappa shape index (κ3) is 4.49. The number of β-amino-alcohol motifs (C(OH)–C–C–N with tert-alkyl or cyclic N) is 1. The van der Waals surface area contributed by atoms with Crippen molar-refractivity contribution in [2.75, 3.05) is 37.4 Å². The number of rotatable bonds is 7. The zero-order valence-corrected chi connectivity index (χ0v) is 16.8. The fourth-order valence-corrected chi connectivity index (χ4v) is 3.16. The average molecular weight is 409 g/mol. The molecule has 3 rings (SSSR count). The Bertz CT molecular complexity index is 1000. The average Bonchev–Trinajstić information content (AvgIpc) is 3.06. The first-order valence-corrected chi connectivity index (χ1v) is 9.40. The molecule has 0 unspecified atom stereocenters. The van der Waals surface area contributed by atoms with Gasteiger partial charge in [0.2, 0.25) is 0 Å². The second-order valence-electron chi connectivity index (χ2n) is 6.77. The summed E-state index contributed by atoms with van der Waals surface area (Å²) in [6, 6.07) is 14.1. The van der Waals surface area contributed by atoms with Gasteiger partial charge in [-0.05, 0) is 42.8 Å². The molecule has 0 saturated carbocycles. The maximum atomic E-state index is 12.6. The number of aliphatic hydroxyl groups is 1. The lowest BCUT2D eigenvalue weighted by molar-refractivity contribution is -0.136. The summed E-state index contributed by atoms with van der Waals surface area (Å²) >= 11 is 0. The van der Waals surface area contributed by atoms with Crippen molar-refractivity contribution < 1.29 is 24.2 Å². The molecule has 0 bridgehead atoms. The molecule has 0 radical (unpaired) electrons. The van der Waals surface area contributed by atoms with Crippen LogP contribution in [0.2, 0.25) is 0 Å². The molecule has 156 valence electrons. The van der Waals surface area contributed by atoms with Crippen LogP contribution in [0.4, 0.5) is 11.4 Å². The topological polar surface area (TPSA) is 108 Å². The molecule has 0 aliphatic carbocycles. The highest BCUT2D eigenvalue weighted by Crippen LogP contribution is 2.26. The molecule has 1 aliphatic heterocycles. The molecule has 2 amide bonds. The van der Waals surface area contributed by atoms with Crippen molar-refractivity contribution in [3.8, 4) is 0 Å². The van der Waals surface area contributed by atoms with Crippen LogP contribution in [-0.4, -0.2) is 54.6 Å². The molecule has 3 N–H and O–H groups in total. The van der Waals surface area contributed by atoms with Crippen molar-refractivity contribution in [3.05, 3.63) is 70.9 Å². The predicted molar refractivity (Wildman–Crippen MR) is 112 cm³/mol. The normalized spacial score (nSPS) is 13.4. The molecule has 0 fully saturated rings. The van der Waals surface area contributed by atoms with Gasteiger partial charge in [-0.1, -0.05) is 18.2 Å². The highest BCUT2D eigenvalue weighted by Gasteiger charge is 2.34. The van der Waals surface area contributed by atoms with E-state index in [0.29, 0.717) is 16.9 Å². The minimum atomic E-state index is -0.602. The van der Waals surface area contributed by atoms with Crippen molar-refractivity contribution in [1.82, 2.24) is 4.90 Å². The number of nitrogens with zero attached hydrogens (tertiary/aromatic N) is 1. The number of methoxy groups -OCH3 is 1. The van der Waals surface area contributed by atoms with Crippen LogP contribution >= 0.6 is 0 Å². The van der Waals surface area contributed by atoms with E-state index < -0.39 is 5.97 Å². The van der Waals surface area contributed by atoms with E-state index in [9.17, 15) is 14.4 Å². The first-order chi connectivity index (χ1) is 14.4. The Morgan fingerprint density at radius 2 is 1.90 bits per heavy atom. The number of benzene rings is 2. The lowest BCUT2D eigenvalue weighted by Gasteiger charge is -2.15. The maximum Gasteiger partial charge on any atom is 0.337 e. The highest BCUT2D eigenvalue weighted by atomic mass is 16.5. The zero-order valence-electron chi connectivity index (χ0n) is 16.8. The molecule has 0 atom stereocenters. The monoisotopic (exact) mass is 409 g/mol. The Balaban J connectivity index is 1.79. The molecule has 1 heterocycles. The standard InChI is InChI=1S/C22H23N3O5/c1-14-12-16(8-9-18(14)24-20(27)15-6-4-3-5-7-15)23-19-17(22(29)30-2)13-25(10-11-26)21(19)28/h3-9,12,23,26H,10-11,13H2,1-2H3,(H,24,27). The zero-order chi connectivity index (χ0) is 21.7. The van der Waals surface area contributed by atoms with E-state index in [1.807, 2.05) is 13.0 Å². The van der Waals surface area contributed by atoms with Crippen molar-refractivity contribution in [2.45, 2.75) is 6.92 Å². The molecular formula is C22H23N3O5. The van der Waals surface area contributed by atoms with Gasteiger partial charge in [-0.25, -0.2) is 4.79 Å². The van der Waals surface area contributed by atoms with E-state index >= 15 is 0 Å². The number of ether oxygens (including phenoxy) is 1. The SMILES string of the molecule is COC(=O)C1=C(Nc2ccc(NC(=O)c3ccccc3)c(C)c2)C(=O)N(CCO)C1. The third-order valence-electron chi connectivity index (χ3n) is 4.73. The van der Waals surface area contributed by atoms with Gasteiger partial charge in [0.25, 0.3) is 11.8 Å². The van der Waals surface area contributed by atoms with E-state index in [1.165, 1.54) is 12.0 Å².